The van der Waals surface area contributed by atoms with Crippen LogP contribution in [0.4, 0.5) is 0 Å². The number of halogens is 1. The first-order valence-electron chi connectivity index (χ1n) is 6.55. The zero-order valence-corrected chi connectivity index (χ0v) is 12.3. The van der Waals surface area contributed by atoms with Gasteiger partial charge in [0.05, 0.1) is 16.8 Å². The monoisotopic (exact) mass is 292 g/mol. The SMILES string of the molecule is CCN(Cc1cnn(CC)c1)C(=O)c1ccncc1Cl. The number of hydrogen-bond donors (Lipinski definition) is 0. The van der Waals surface area contributed by atoms with E-state index in [0.717, 1.165) is 12.1 Å². The fourth-order valence-electron chi connectivity index (χ4n) is 1.93. The average molecular weight is 293 g/mol. The van der Waals surface area contributed by atoms with Gasteiger partial charge in [-0.1, -0.05) is 11.6 Å². The van der Waals surface area contributed by atoms with Crippen LogP contribution < -0.4 is 0 Å². The molecule has 0 bridgehead atoms. The van der Waals surface area contributed by atoms with Gasteiger partial charge in [-0.15, -0.1) is 0 Å². The molecule has 0 saturated heterocycles. The van der Waals surface area contributed by atoms with Crippen molar-refractivity contribution in [3.63, 3.8) is 0 Å². The smallest absolute Gasteiger partial charge is 0.255 e. The van der Waals surface area contributed by atoms with Crippen molar-refractivity contribution in [3.05, 3.63) is 47.0 Å². The Morgan fingerprint density at radius 1 is 1.40 bits per heavy atom. The van der Waals surface area contributed by atoms with E-state index in [2.05, 4.69) is 10.1 Å². The molecule has 0 aromatic carbocycles. The molecule has 5 nitrogen and oxygen atoms in total. The Bertz CT molecular complexity index is 596. The number of carbonyl (C=O) groups excluding carboxylic acids is 1. The first-order chi connectivity index (χ1) is 9.65. The van der Waals surface area contributed by atoms with Crippen molar-refractivity contribution in [1.29, 1.82) is 0 Å². The summed E-state index contributed by atoms with van der Waals surface area (Å²) in [6.07, 6.45) is 6.79. The van der Waals surface area contributed by atoms with Gasteiger partial charge in [-0.25, -0.2) is 0 Å². The minimum absolute atomic E-state index is 0.0934. The molecule has 0 N–H and O–H groups in total. The summed E-state index contributed by atoms with van der Waals surface area (Å²) < 4.78 is 1.84. The Morgan fingerprint density at radius 2 is 2.20 bits per heavy atom. The Kier molecular flexibility index (Phi) is 4.74. The number of rotatable bonds is 5. The lowest BCUT2D eigenvalue weighted by molar-refractivity contribution is 0.0752. The van der Waals surface area contributed by atoms with Gasteiger partial charge in [0.1, 0.15) is 0 Å². The van der Waals surface area contributed by atoms with Crippen LogP contribution >= 0.6 is 11.6 Å². The average Bonchev–Trinajstić information content (AvgIpc) is 2.92. The molecule has 2 rings (SSSR count). The molecule has 2 heterocycles. The second-order valence-electron chi connectivity index (χ2n) is 4.38. The zero-order valence-electron chi connectivity index (χ0n) is 11.6. The van der Waals surface area contributed by atoms with E-state index in [1.165, 1.54) is 6.20 Å². The lowest BCUT2D eigenvalue weighted by atomic mass is 10.2. The highest BCUT2D eigenvalue weighted by Gasteiger charge is 2.17. The molecular weight excluding hydrogens is 276 g/mol. The number of pyridine rings is 1. The van der Waals surface area contributed by atoms with E-state index in [4.69, 9.17) is 11.6 Å². The summed E-state index contributed by atoms with van der Waals surface area (Å²) in [6.45, 7) is 5.91. The largest absolute Gasteiger partial charge is 0.334 e. The van der Waals surface area contributed by atoms with Crippen LogP contribution in [0.25, 0.3) is 0 Å². The topological polar surface area (TPSA) is 51.0 Å². The van der Waals surface area contributed by atoms with Crippen LogP contribution in [-0.2, 0) is 13.1 Å². The molecular formula is C14H17ClN4O. The predicted octanol–water partition coefficient (Wildman–Crippen LogP) is 2.61. The molecule has 1 amide bonds. The predicted molar refractivity (Wildman–Crippen MR) is 77.6 cm³/mol. The highest BCUT2D eigenvalue weighted by atomic mass is 35.5. The lowest BCUT2D eigenvalue weighted by Crippen LogP contribution is -2.30. The molecule has 20 heavy (non-hydrogen) atoms. The number of amides is 1. The van der Waals surface area contributed by atoms with Crippen molar-refractivity contribution in [2.24, 2.45) is 0 Å². The van der Waals surface area contributed by atoms with Gasteiger partial charge in [-0.05, 0) is 19.9 Å². The van der Waals surface area contributed by atoms with E-state index < -0.39 is 0 Å². The van der Waals surface area contributed by atoms with Crippen LogP contribution in [0.5, 0.6) is 0 Å². The molecule has 0 aliphatic carbocycles. The van der Waals surface area contributed by atoms with Crippen LogP contribution in [0, 0.1) is 0 Å². The van der Waals surface area contributed by atoms with Crippen LogP contribution in [0.3, 0.4) is 0 Å². The standard InChI is InChI=1S/C14H17ClN4O/c1-3-18(9-11-7-17-19(4-2)10-11)14(20)12-5-6-16-8-13(12)15/h5-8,10H,3-4,9H2,1-2H3. The van der Waals surface area contributed by atoms with Gasteiger partial charge < -0.3 is 4.90 Å². The molecule has 0 fully saturated rings. The van der Waals surface area contributed by atoms with Gasteiger partial charge in [0.15, 0.2) is 0 Å². The number of nitrogens with zero attached hydrogens (tertiary/aromatic N) is 4. The molecule has 0 aliphatic rings. The zero-order chi connectivity index (χ0) is 14.5. The molecule has 0 saturated carbocycles. The van der Waals surface area contributed by atoms with E-state index in [1.54, 1.807) is 23.4 Å². The molecule has 0 unspecified atom stereocenters. The summed E-state index contributed by atoms with van der Waals surface area (Å²) in [5, 5.41) is 4.59. The molecule has 0 aliphatic heterocycles. The third kappa shape index (κ3) is 3.17. The van der Waals surface area contributed by atoms with E-state index in [1.807, 2.05) is 24.7 Å². The van der Waals surface area contributed by atoms with Crippen molar-refractivity contribution in [3.8, 4) is 0 Å². The maximum absolute atomic E-state index is 12.5. The molecule has 0 radical (unpaired) electrons. The number of hydrogen-bond acceptors (Lipinski definition) is 3. The minimum Gasteiger partial charge on any atom is -0.334 e. The minimum atomic E-state index is -0.0934. The van der Waals surface area contributed by atoms with Crippen LogP contribution in [-0.4, -0.2) is 32.1 Å². The molecule has 0 atom stereocenters. The molecule has 0 spiro atoms. The van der Waals surface area contributed by atoms with Gasteiger partial charge in [0.25, 0.3) is 5.91 Å². The van der Waals surface area contributed by atoms with Crippen molar-refractivity contribution in [2.75, 3.05) is 6.54 Å². The van der Waals surface area contributed by atoms with E-state index in [-0.39, 0.29) is 5.91 Å². The molecule has 2 aromatic rings. The van der Waals surface area contributed by atoms with Gasteiger partial charge in [0, 0.05) is 43.8 Å². The molecule has 2 aromatic heterocycles. The highest BCUT2D eigenvalue weighted by Crippen LogP contribution is 2.17. The first kappa shape index (κ1) is 14.5. The van der Waals surface area contributed by atoms with Crippen LogP contribution in [0.2, 0.25) is 5.02 Å². The summed E-state index contributed by atoms with van der Waals surface area (Å²) in [6, 6.07) is 1.64. The second kappa shape index (κ2) is 6.52. The first-order valence-corrected chi connectivity index (χ1v) is 6.93. The number of aromatic nitrogens is 3. The summed E-state index contributed by atoms with van der Waals surface area (Å²) in [5.74, 6) is -0.0934. The Labute approximate surface area is 123 Å². The Morgan fingerprint density at radius 3 is 2.80 bits per heavy atom. The fourth-order valence-corrected chi connectivity index (χ4v) is 2.13. The molecule has 106 valence electrons. The fraction of sp³-hybridized carbons (Fsp3) is 0.357. The number of carbonyl (C=O) groups is 1. The summed E-state index contributed by atoms with van der Waals surface area (Å²) in [4.78, 5) is 18.1. The third-order valence-electron chi connectivity index (χ3n) is 3.06. The summed E-state index contributed by atoms with van der Waals surface area (Å²) in [7, 11) is 0. The third-order valence-corrected chi connectivity index (χ3v) is 3.36. The molecule has 6 heteroatoms. The quantitative estimate of drug-likeness (QED) is 0.851. The van der Waals surface area contributed by atoms with Gasteiger partial charge in [-0.3, -0.25) is 14.5 Å². The Hall–Kier alpha value is -1.88. The lowest BCUT2D eigenvalue weighted by Gasteiger charge is -2.20. The van der Waals surface area contributed by atoms with Gasteiger partial charge >= 0.3 is 0 Å². The summed E-state index contributed by atoms with van der Waals surface area (Å²) in [5.41, 5.74) is 1.48. The van der Waals surface area contributed by atoms with Crippen molar-refractivity contribution in [2.45, 2.75) is 26.9 Å². The van der Waals surface area contributed by atoms with Crippen molar-refractivity contribution >= 4 is 17.5 Å². The Balaban J connectivity index is 2.16. The summed E-state index contributed by atoms with van der Waals surface area (Å²) >= 11 is 6.02. The van der Waals surface area contributed by atoms with Crippen LogP contribution in [0.1, 0.15) is 29.8 Å². The van der Waals surface area contributed by atoms with E-state index in [0.29, 0.717) is 23.7 Å². The van der Waals surface area contributed by atoms with Crippen molar-refractivity contribution < 1.29 is 4.79 Å². The highest BCUT2D eigenvalue weighted by molar-refractivity contribution is 6.33. The number of aryl methyl sites for hydroxylation is 1. The normalized spacial score (nSPS) is 10.6. The van der Waals surface area contributed by atoms with Crippen LogP contribution in [0.15, 0.2) is 30.9 Å². The maximum Gasteiger partial charge on any atom is 0.255 e. The maximum atomic E-state index is 12.5. The van der Waals surface area contributed by atoms with E-state index >= 15 is 0 Å². The van der Waals surface area contributed by atoms with Gasteiger partial charge in [0.2, 0.25) is 0 Å². The van der Waals surface area contributed by atoms with Crippen molar-refractivity contribution in [1.82, 2.24) is 19.7 Å². The second-order valence-corrected chi connectivity index (χ2v) is 4.79. The van der Waals surface area contributed by atoms with E-state index in [9.17, 15) is 4.79 Å². The van der Waals surface area contributed by atoms with Gasteiger partial charge in [-0.2, -0.15) is 5.10 Å².